The average Bonchev–Trinajstić information content (AvgIpc) is 3.71. The molecule has 2 atom stereocenters. The van der Waals surface area contributed by atoms with Gasteiger partial charge in [0.05, 0.1) is 22.2 Å². The van der Waals surface area contributed by atoms with Crippen molar-refractivity contribution in [3.05, 3.63) is 40.8 Å². The normalized spacial score (nSPS) is 23.4. The van der Waals surface area contributed by atoms with Gasteiger partial charge in [-0.25, -0.2) is 18.2 Å². The number of halogens is 6. The van der Waals surface area contributed by atoms with Crippen molar-refractivity contribution < 1.29 is 26.3 Å². The number of hydrogen-bond acceptors (Lipinski definition) is 7. The van der Waals surface area contributed by atoms with Crippen LogP contribution in [0.2, 0.25) is 0 Å². The molecule has 2 unspecified atom stereocenters. The van der Waals surface area contributed by atoms with Gasteiger partial charge in [-0.2, -0.15) is 18.2 Å². The highest BCUT2D eigenvalue weighted by atomic mass is 19.4. The predicted octanol–water partition coefficient (Wildman–Crippen LogP) is 5.00. The van der Waals surface area contributed by atoms with Crippen LogP contribution in [0.4, 0.5) is 38.1 Å². The number of fused-ring (bicyclic) bond motifs is 4. The maximum Gasteiger partial charge on any atom is 0.420 e. The van der Waals surface area contributed by atoms with Crippen molar-refractivity contribution >= 4 is 22.7 Å². The van der Waals surface area contributed by atoms with Crippen LogP contribution in [-0.2, 0) is 12.1 Å². The van der Waals surface area contributed by atoms with Crippen LogP contribution in [-0.4, -0.2) is 78.3 Å². The Morgan fingerprint density at radius 3 is 2.43 bits per heavy atom. The van der Waals surface area contributed by atoms with Crippen molar-refractivity contribution in [1.29, 1.82) is 0 Å². The molecule has 3 fully saturated rings. The van der Waals surface area contributed by atoms with Gasteiger partial charge in [-0.15, -0.1) is 0 Å². The van der Waals surface area contributed by atoms with Crippen molar-refractivity contribution in [2.45, 2.75) is 44.3 Å². The monoisotopic (exact) mass is 591 g/mol. The molecule has 2 aromatic heterocycles. The summed E-state index contributed by atoms with van der Waals surface area (Å²) in [5, 5.41) is 3.39. The van der Waals surface area contributed by atoms with Crippen LogP contribution in [0.15, 0.2) is 18.3 Å². The smallest absolute Gasteiger partial charge is 0.353 e. The molecule has 0 amide bonds. The minimum absolute atomic E-state index is 0.0660. The van der Waals surface area contributed by atoms with E-state index in [0.717, 1.165) is 25.2 Å². The van der Waals surface area contributed by atoms with Crippen LogP contribution < -0.4 is 15.1 Å². The Balaban J connectivity index is 1.43. The van der Waals surface area contributed by atoms with E-state index in [0.29, 0.717) is 45.1 Å². The fourth-order valence-electron chi connectivity index (χ4n) is 7.01. The Labute approximate surface area is 238 Å². The molecule has 1 N–H and O–H groups in total. The molecule has 4 aliphatic rings. The zero-order chi connectivity index (χ0) is 29.6. The number of nitrogens with zero attached hydrogens (tertiary/aromatic N) is 6. The van der Waals surface area contributed by atoms with E-state index in [-0.39, 0.29) is 40.4 Å². The highest BCUT2D eigenvalue weighted by Gasteiger charge is 2.65. The predicted molar refractivity (Wildman–Crippen MR) is 146 cm³/mol. The Morgan fingerprint density at radius 1 is 1.05 bits per heavy atom. The lowest BCUT2D eigenvalue weighted by Gasteiger charge is -2.45. The Bertz CT molecular complexity index is 1540. The Hall–Kier alpha value is -3.19. The van der Waals surface area contributed by atoms with Gasteiger partial charge in [-0.3, -0.25) is 9.88 Å². The highest BCUT2D eigenvalue weighted by molar-refractivity contribution is 5.96. The summed E-state index contributed by atoms with van der Waals surface area (Å²) >= 11 is 0. The van der Waals surface area contributed by atoms with Crippen LogP contribution in [0.25, 0.3) is 22.2 Å². The number of benzene rings is 1. The lowest BCUT2D eigenvalue weighted by molar-refractivity contribution is -0.136. The lowest BCUT2D eigenvalue weighted by Crippen LogP contribution is -2.60. The average molecular weight is 592 g/mol. The van der Waals surface area contributed by atoms with E-state index in [2.05, 4.69) is 34.0 Å². The second kappa shape index (κ2) is 9.66. The Morgan fingerprint density at radius 2 is 1.76 bits per heavy atom. The van der Waals surface area contributed by atoms with E-state index >= 15 is 13.2 Å². The number of alkyl halides is 5. The van der Waals surface area contributed by atoms with E-state index in [1.54, 1.807) is 0 Å². The molecule has 224 valence electrons. The molecule has 2 saturated heterocycles. The van der Waals surface area contributed by atoms with Crippen molar-refractivity contribution in [3.8, 4) is 11.3 Å². The first-order valence-corrected chi connectivity index (χ1v) is 14.5. The first-order valence-electron chi connectivity index (χ1n) is 14.5. The molecule has 7 nitrogen and oxygen atoms in total. The molecule has 4 heterocycles. The summed E-state index contributed by atoms with van der Waals surface area (Å²) < 4.78 is 89.8. The Kier molecular flexibility index (Phi) is 6.36. The number of piperazine rings is 1. The van der Waals surface area contributed by atoms with E-state index < -0.39 is 46.6 Å². The number of nitrogens with one attached hydrogen (secondary N) is 1. The van der Waals surface area contributed by atoms with Crippen molar-refractivity contribution in [2.24, 2.45) is 5.92 Å². The van der Waals surface area contributed by atoms with Gasteiger partial charge in [0.25, 0.3) is 5.92 Å². The van der Waals surface area contributed by atoms with Gasteiger partial charge < -0.3 is 15.1 Å². The van der Waals surface area contributed by atoms with Crippen molar-refractivity contribution in [2.75, 3.05) is 62.2 Å². The first kappa shape index (κ1) is 27.6. The minimum atomic E-state index is -4.92. The molecule has 1 saturated carbocycles. The standard InChI is InChI=1S/C29H31F6N7/c1-3-40(4-2)15-13-42(14-15)27-38-25-18(26(39-27)41-9-7-36-8-10-41)12-37-24(23(25)29(33,34)35)16-5-6-20(30)22-21(16)17-11-19(17)28(22,31)32/h5-6,12,15,17,19,36H,3-4,7-11,13-14H2,1-2H3. The molecule has 2 aliphatic carbocycles. The number of likely N-dealkylation sites (N-methyl/N-ethyl adjacent to an activating group) is 1. The number of pyridine rings is 1. The van der Waals surface area contributed by atoms with E-state index in [4.69, 9.17) is 4.98 Å². The maximum absolute atomic E-state index is 15.1. The van der Waals surface area contributed by atoms with Gasteiger partial charge in [0.15, 0.2) is 0 Å². The van der Waals surface area contributed by atoms with Gasteiger partial charge in [0.1, 0.15) is 17.2 Å². The van der Waals surface area contributed by atoms with Crippen molar-refractivity contribution in [3.63, 3.8) is 0 Å². The molecule has 7 rings (SSSR count). The minimum Gasteiger partial charge on any atom is -0.353 e. The molecule has 0 bridgehead atoms. The van der Waals surface area contributed by atoms with E-state index in [9.17, 15) is 13.2 Å². The van der Waals surface area contributed by atoms with Crippen LogP contribution in [0, 0.1) is 11.7 Å². The fraction of sp³-hybridized carbons (Fsp3) is 0.552. The summed E-state index contributed by atoms with van der Waals surface area (Å²) in [5.41, 5.74) is -2.92. The van der Waals surface area contributed by atoms with Crippen LogP contribution in [0.1, 0.15) is 42.9 Å². The molecule has 1 aromatic carbocycles. The molecule has 2 aliphatic heterocycles. The number of aromatic nitrogens is 3. The molecule has 42 heavy (non-hydrogen) atoms. The van der Waals surface area contributed by atoms with E-state index in [1.807, 2.05) is 9.80 Å². The molecule has 0 radical (unpaired) electrons. The summed E-state index contributed by atoms with van der Waals surface area (Å²) in [4.78, 5) is 19.6. The van der Waals surface area contributed by atoms with Crippen LogP contribution in [0.3, 0.4) is 0 Å². The van der Waals surface area contributed by atoms with Gasteiger partial charge in [0.2, 0.25) is 5.95 Å². The van der Waals surface area contributed by atoms with Crippen molar-refractivity contribution in [1.82, 2.24) is 25.2 Å². The van der Waals surface area contributed by atoms with Gasteiger partial charge >= 0.3 is 6.18 Å². The summed E-state index contributed by atoms with van der Waals surface area (Å²) in [5.74, 6) is -5.78. The van der Waals surface area contributed by atoms with Gasteiger partial charge in [-0.05, 0) is 43.1 Å². The fourth-order valence-corrected chi connectivity index (χ4v) is 7.01. The van der Waals surface area contributed by atoms with Gasteiger partial charge in [-0.1, -0.05) is 13.8 Å². The first-order chi connectivity index (χ1) is 20.0. The highest BCUT2D eigenvalue weighted by Crippen LogP contribution is 2.69. The lowest BCUT2D eigenvalue weighted by atomic mass is 9.92. The van der Waals surface area contributed by atoms with E-state index in [1.165, 1.54) is 6.20 Å². The third kappa shape index (κ3) is 4.14. The van der Waals surface area contributed by atoms with Gasteiger partial charge in [0, 0.05) is 63.0 Å². The summed E-state index contributed by atoms with van der Waals surface area (Å²) in [6, 6.07) is 2.22. The molecule has 3 aromatic rings. The number of hydrogen-bond donors (Lipinski definition) is 1. The second-order valence-electron chi connectivity index (χ2n) is 11.6. The number of anilines is 2. The molecule has 13 heteroatoms. The third-order valence-corrected chi connectivity index (χ3v) is 9.29. The molecular formula is C29H31F6N7. The maximum atomic E-state index is 15.1. The molecular weight excluding hydrogens is 560 g/mol. The quantitative estimate of drug-likeness (QED) is 0.405. The largest absolute Gasteiger partial charge is 0.420 e. The molecule has 0 spiro atoms. The second-order valence-corrected chi connectivity index (χ2v) is 11.6. The zero-order valence-corrected chi connectivity index (χ0v) is 23.3. The summed E-state index contributed by atoms with van der Waals surface area (Å²) in [7, 11) is 0. The third-order valence-electron chi connectivity index (χ3n) is 9.29. The van der Waals surface area contributed by atoms with Crippen LogP contribution >= 0.6 is 0 Å². The topological polar surface area (TPSA) is 60.4 Å². The summed E-state index contributed by atoms with van der Waals surface area (Å²) in [6.45, 7) is 9.38. The number of rotatable bonds is 6. The zero-order valence-electron chi connectivity index (χ0n) is 23.3. The van der Waals surface area contributed by atoms with Crippen LogP contribution in [0.5, 0.6) is 0 Å². The summed E-state index contributed by atoms with van der Waals surface area (Å²) in [6.07, 6.45) is -3.51. The SMILES string of the molecule is CCN(CC)C1CN(c2nc(N3CCNCC3)c3cnc(-c4ccc(F)c5c4C4CC4C5(F)F)c(C(F)(F)F)c3n2)C1.